The van der Waals surface area contributed by atoms with Crippen LogP contribution < -0.4 is 5.32 Å². The zero-order valence-corrected chi connectivity index (χ0v) is 10.5. The van der Waals surface area contributed by atoms with Crippen molar-refractivity contribution in [2.75, 3.05) is 5.32 Å². The van der Waals surface area contributed by atoms with Crippen molar-refractivity contribution in [3.63, 3.8) is 0 Å². The highest BCUT2D eigenvalue weighted by atomic mass is 32.1. The molecule has 0 bridgehead atoms. The van der Waals surface area contributed by atoms with Crippen molar-refractivity contribution in [3.8, 4) is 0 Å². The normalized spacial score (nSPS) is 16.7. The van der Waals surface area contributed by atoms with Crippen molar-refractivity contribution in [2.45, 2.75) is 52.0 Å². The molecule has 15 heavy (non-hydrogen) atoms. The third-order valence-corrected chi connectivity index (χ3v) is 3.64. The molecule has 0 spiro atoms. The maximum Gasteiger partial charge on any atom is 0.202 e. The first-order chi connectivity index (χ1) is 7.12. The average Bonchev–Trinajstić information content (AvgIpc) is 2.92. The van der Waals surface area contributed by atoms with E-state index in [-0.39, 0.29) is 5.54 Å². The largest absolute Gasteiger partial charge is 0.355 e. The van der Waals surface area contributed by atoms with Crippen molar-refractivity contribution in [1.82, 2.24) is 9.36 Å². The SMILES string of the molecule is CCCc1nsc(NC(C)(C)C2CC2)n1. The third-order valence-electron chi connectivity index (χ3n) is 2.97. The maximum atomic E-state index is 4.49. The lowest BCUT2D eigenvalue weighted by Gasteiger charge is -2.25. The molecular formula is C11H19N3S. The van der Waals surface area contributed by atoms with E-state index >= 15 is 0 Å². The van der Waals surface area contributed by atoms with Gasteiger partial charge in [0, 0.05) is 23.5 Å². The van der Waals surface area contributed by atoms with Gasteiger partial charge in [0.15, 0.2) is 0 Å². The Morgan fingerprint density at radius 3 is 2.80 bits per heavy atom. The van der Waals surface area contributed by atoms with E-state index in [4.69, 9.17) is 0 Å². The quantitative estimate of drug-likeness (QED) is 0.836. The summed E-state index contributed by atoms with van der Waals surface area (Å²) in [4.78, 5) is 4.49. The summed E-state index contributed by atoms with van der Waals surface area (Å²) in [6.45, 7) is 6.67. The van der Waals surface area contributed by atoms with Crippen molar-refractivity contribution < 1.29 is 0 Å². The molecule has 1 N–H and O–H groups in total. The van der Waals surface area contributed by atoms with Gasteiger partial charge in [0.25, 0.3) is 0 Å². The van der Waals surface area contributed by atoms with E-state index in [0.717, 1.165) is 29.7 Å². The van der Waals surface area contributed by atoms with E-state index in [1.165, 1.54) is 24.4 Å². The first kappa shape index (κ1) is 10.9. The lowest BCUT2D eigenvalue weighted by molar-refractivity contribution is 0.494. The van der Waals surface area contributed by atoms with E-state index in [1.807, 2.05) is 0 Å². The van der Waals surface area contributed by atoms with Crippen LogP contribution in [0.1, 0.15) is 45.9 Å². The Labute approximate surface area is 95.5 Å². The first-order valence-electron chi connectivity index (χ1n) is 5.72. The minimum absolute atomic E-state index is 0.184. The Morgan fingerprint density at radius 2 is 2.20 bits per heavy atom. The fourth-order valence-corrected chi connectivity index (χ4v) is 2.59. The summed E-state index contributed by atoms with van der Waals surface area (Å²) < 4.78 is 4.34. The van der Waals surface area contributed by atoms with Crippen molar-refractivity contribution >= 4 is 16.7 Å². The van der Waals surface area contributed by atoms with Crippen LogP contribution in [0.2, 0.25) is 0 Å². The summed E-state index contributed by atoms with van der Waals surface area (Å²) in [5.41, 5.74) is 0.184. The molecule has 0 aliphatic heterocycles. The van der Waals surface area contributed by atoms with Gasteiger partial charge in [-0.1, -0.05) is 6.92 Å². The van der Waals surface area contributed by atoms with Crippen LogP contribution in [0.25, 0.3) is 0 Å². The Bertz CT molecular complexity index is 328. The summed E-state index contributed by atoms with van der Waals surface area (Å²) in [7, 11) is 0. The molecule has 1 aliphatic carbocycles. The number of rotatable bonds is 5. The highest BCUT2D eigenvalue weighted by molar-refractivity contribution is 7.09. The van der Waals surface area contributed by atoms with Gasteiger partial charge >= 0.3 is 0 Å². The first-order valence-corrected chi connectivity index (χ1v) is 6.50. The molecule has 1 fully saturated rings. The number of nitrogens with zero attached hydrogens (tertiary/aromatic N) is 2. The van der Waals surface area contributed by atoms with Crippen LogP contribution >= 0.6 is 11.5 Å². The Morgan fingerprint density at radius 1 is 1.47 bits per heavy atom. The van der Waals surface area contributed by atoms with Crippen molar-refractivity contribution in [2.24, 2.45) is 5.92 Å². The van der Waals surface area contributed by atoms with Gasteiger partial charge in [0.05, 0.1) is 0 Å². The topological polar surface area (TPSA) is 37.8 Å². The zero-order valence-electron chi connectivity index (χ0n) is 9.71. The van der Waals surface area contributed by atoms with Crippen molar-refractivity contribution in [3.05, 3.63) is 5.82 Å². The number of anilines is 1. The molecule has 84 valence electrons. The second-order valence-corrected chi connectivity index (χ2v) is 5.64. The predicted octanol–water partition coefficient (Wildman–Crippen LogP) is 3.09. The van der Waals surface area contributed by atoms with Gasteiger partial charge in [0.1, 0.15) is 5.82 Å². The number of aromatic nitrogens is 2. The molecule has 0 radical (unpaired) electrons. The summed E-state index contributed by atoms with van der Waals surface area (Å²) in [5.74, 6) is 1.80. The third kappa shape index (κ3) is 2.68. The average molecular weight is 225 g/mol. The van der Waals surface area contributed by atoms with Gasteiger partial charge < -0.3 is 5.32 Å². The minimum Gasteiger partial charge on any atom is -0.355 e. The number of hydrogen-bond acceptors (Lipinski definition) is 4. The minimum atomic E-state index is 0.184. The van der Waals surface area contributed by atoms with Crippen LogP contribution in [0.15, 0.2) is 0 Å². The van der Waals surface area contributed by atoms with Crippen LogP contribution in [-0.4, -0.2) is 14.9 Å². The smallest absolute Gasteiger partial charge is 0.202 e. The van der Waals surface area contributed by atoms with Crippen LogP contribution in [0.4, 0.5) is 5.13 Å². The van der Waals surface area contributed by atoms with Crippen LogP contribution in [0.3, 0.4) is 0 Å². The molecule has 1 saturated carbocycles. The molecule has 1 aliphatic rings. The standard InChI is InChI=1S/C11H19N3S/c1-4-5-9-12-10(15-14-9)13-11(2,3)8-6-7-8/h8H,4-7H2,1-3H3,(H,12,13,14). The summed E-state index contributed by atoms with van der Waals surface area (Å²) >= 11 is 1.49. The zero-order chi connectivity index (χ0) is 10.9. The molecule has 0 saturated heterocycles. The Balaban J connectivity index is 1.97. The summed E-state index contributed by atoms with van der Waals surface area (Å²) in [5, 5.41) is 4.49. The van der Waals surface area contributed by atoms with Gasteiger partial charge in [-0.25, -0.2) is 4.98 Å². The van der Waals surface area contributed by atoms with Crippen molar-refractivity contribution in [1.29, 1.82) is 0 Å². The van der Waals surface area contributed by atoms with E-state index in [0.29, 0.717) is 0 Å². The number of aryl methyl sites for hydroxylation is 1. The van der Waals surface area contributed by atoms with Gasteiger partial charge in [-0.05, 0) is 39.0 Å². The Kier molecular flexibility index (Phi) is 2.96. The molecule has 0 unspecified atom stereocenters. The molecule has 4 heteroatoms. The highest BCUT2D eigenvalue weighted by Gasteiger charge is 2.38. The fourth-order valence-electron chi connectivity index (χ4n) is 1.81. The fraction of sp³-hybridized carbons (Fsp3) is 0.818. The number of nitrogens with one attached hydrogen (secondary N) is 1. The van der Waals surface area contributed by atoms with E-state index < -0.39 is 0 Å². The van der Waals surface area contributed by atoms with Gasteiger partial charge in [-0.2, -0.15) is 4.37 Å². The molecule has 0 aromatic carbocycles. The molecule has 0 amide bonds. The lowest BCUT2D eigenvalue weighted by Crippen LogP contribution is -2.33. The summed E-state index contributed by atoms with van der Waals surface area (Å²) in [6.07, 6.45) is 4.80. The molecule has 0 atom stereocenters. The second kappa shape index (κ2) is 4.08. The second-order valence-electron chi connectivity index (χ2n) is 4.89. The predicted molar refractivity (Wildman–Crippen MR) is 64.3 cm³/mol. The molecular weight excluding hydrogens is 206 g/mol. The van der Waals surface area contributed by atoms with Crippen LogP contribution in [0, 0.1) is 5.92 Å². The molecule has 1 aromatic rings. The molecule has 1 heterocycles. The molecule has 2 rings (SSSR count). The van der Waals surface area contributed by atoms with Crippen LogP contribution in [-0.2, 0) is 6.42 Å². The van der Waals surface area contributed by atoms with Crippen LogP contribution in [0.5, 0.6) is 0 Å². The van der Waals surface area contributed by atoms with Gasteiger partial charge in [-0.3, -0.25) is 0 Å². The lowest BCUT2D eigenvalue weighted by atomic mass is 9.99. The van der Waals surface area contributed by atoms with E-state index in [1.54, 1.807) is 0 Å². The van der Waals surface area contributed by atoms with E-state index in [2.05, 4.69) is 35.4 Å². The molecule has 3 nitrogen and oxygen atoms in total. The van der Waals surface area contributed by atoms with Gasteiger partial charge in [0.2, 0.25) is 5.13 Å². The van der Waals surface area contributed by atoms with E-state index in [9.17, 15) is 0 Å². The van der Waals surface area contributed by atoms with Gasteiger partial charge in [-0.15, -0.1) is 0 Å². The summed E-state index contributed by atoms with van der Waals surface area (Å²) in [6, 6.07) is 0. The molecule has 1 aromatic heterocycles. The monoisotopic (exact) mass is 225 g/mol. The maximum absolute atomic E-state index is 4.49. The Hall–Kier alpha value is -0.640. The number of hydrogen-bond donors (Lipinski definition) is 1. The highest BCUT2D eigenvalue weighted by Crippen LogP contribution is 2.41.